The van der Waals surface area contributed by atoms with Gasteiger partial charge >= 0.3 is 0 Å². The molecule has 1 rings (SSSR count). The Balaban J connectivity index is 2.39. The van der Waals surface area contributed by atoms with Crippen LogP contribution in [-0.2, 0) is 0 Å². The maximum absolute atomic E-state index is 3.29. The van der Waals surface area contributed by atoms with Crippen LogP contribution in [0.2, 0.25) is 0 Å². The van der Waals surface area contributed by atoms with Gasteiger partial charge in [0.05, 0.1) is 0 Å². The molecular formula is C8H15N. The van der Waals surface area contributed by atoms with Crippen molar-refractivity contribution in [2.24, 2.45) is 0 Å². The molecule has 52 valence electrons. The minimum absolute atomic E-state index is 0.745. The van der Waals surface area contributed by atoms with E-state index < -0.39 is 0 Å². The van der Waals surface area contributed by atoms with E-state index in [9.17, 15) is 0 Å². The number of hydrogen-bond acceptors (Lipinski definition) is 1. The summed E-state index contributed by atoms with van der Waals surface area (Å²) in [6, 6.07) is 0.745. The van der Waals surface area contributed by atoms with Gasteiger partial charge in [-0.2, -0.15) is 0 Å². The highest BCUT2D eigenvalue weighted by Gasteiger charge is 2.09. The van der Waals surface area contributed by atoms with Crippen molar-refractivity contribution in [2.45, 2.75) is 32.2 Å². The Bertz CT molecular complexity index is 116. The average molecular weight is 125 g/mol. The van der Waals surface area contributed by atoms with E-state index in [2.05, 4.69) is 18.3 Å². The Hall–Kier alpha value is -0.300. The SMILES string of the molecule is CN[C@@H]1CCC=C(C)C1. The standard InChI is InChI=1S/C8H15N/c1-7-4-3-5-8(6-7)9-2/h4,8-9H,3,5-6H2,1-2H3/t8-/m1/s1. The summed E-state index contributed by atoms with van der Waals surface area (Å²) in [5, 5.41) is 3.29. The zero-order valence-corrected chi connectivity index (χ0v) is 6.28. The molecule has 0 saturated carbocycles. The lowest BCUT2D eigenvalue weighted by Gasteiger charge is -2.19. The summed E-state index contributed by atoms with van der Waals surface area (Å²) >= 11 is 0. The molecule has 0 unspecified atom stereocenters. The maximum atomic E-state index is 3.29. The molecule has 0 aliphatic heterocycles. The third kappa shape index (κ3) is 1.83. The molecule has 0 saturated heterocycles. The molecule has 0 aromatic carbocycles. The second-order valence-electron chi connectivity index (χ2n) is 2.82. The van der Waals surface area contributed by atoms with Gasteiger partial charge in [0, 0.05) is 6.04 Å². The summed E-state index contributed by atoms with van der Waals surface area (Å²) in [7, 11) is 2.04. The van der Waals surface area contributed by atoms with E-state index in [-0.39, 0.29) is 0 Å². The first-order chi connectivity index (χ1) is 4.33. The van der Waals surface area contributed by atoms with Gasteiger partial charge in [0.25, 0.3) is 0 Å². The van der Waals surface area contributed by atoms with Crippen LogP contribution in [0, 0.1) is 0 Å². The van der Waals surface area contributed by atoms with Crippen molar-refractivity contribution >= 4 is 0 Å². The van der Waals surface area contributed by atoms with Crippen LogP contribution in [0.1, 0.15) is 26.2 Å². The van der Waals surface area contributed by atoms with Crippen molar-refractivity contribution in [1.29, 1.82) is 0 Å². The van der Waals surface area contributed by atoms with Gasteiger partial charge in [0.2, 0.25) is 0 Å². The van der Waals surface area contributed by atoms with Crippen molar-refractivity contribution in [1.82, 2.24) is 5.32 Å². The molecule has 1 nitrogen and oxygen atoms in total. The molecule has 0 aromatic heterocycles. The van der Waals surface area contributed by atoms with Crippen LogP contribution >= 0.6 is 0 Å². The Kier molecular flexibility index (Phi) is 2.29. The second-order valence-corrected chi connectivity index (χ2v) is 2.82. The van der Waals surface area contributed by atoms with E-state index in [1.165, 1.54) is 19.3 Å². The Morgan fingerprint density at radius 1 is 1.67 bits per heavy atom. The van der Waals surface area contributed by atoms with Crippen LogP contribution in [0.3, 0.4) is 0 Å². The molecule has 0 amide bonds. The maximum Gasteiger partial charge on any atom is 0.0104 e. The zero-order valence-electron chi connectivity index (χ0n) is 6.28. The van der Waals surface area contributed by atoms with E-state index >= 15 is 0 Å². The predicted molar refractivity (Wildman–Crippen MR) is 40.5 cm³/mol. The normalized spacial score (nSPS) is 27.8. The van der Waals surface area contributed by atoms with E-state index in [1.807, 2.05) is 7.05 Å². The molecule has 0 fully saturated rings. The van der Waals surface area contributed by atoms with Gasteiger partial charge in [-0.25, -0.2) is 0 Å². The first-order valence-corrected chi connectivity index (χ1v) is 3.66. The second kappa shape index (κ2) is 3.02. The molecule has 0 bridgehead atoms. The highest BCUT2D eigenvalue weighted by molar-refractivity contribution is 5.04. The van der Waals surface area contributed by atoms with E-state index in [1.54, 1.807) is 5.57 Å². The van der Waals surface area contributed by atoms with Crippen LogP contribution < -0.4 is 5.32 Å². The molecule has 1 atom stereocenters. The fraction of sp³-hybridized carbons (Fsp3) is 0.750. The lowest BCUT2D eigenvalue weighted by molar-refractivity contribution is 0.503. The van der Waals surface area contributed by atoms with Crippen molar-refractivity contribution in [3.8, 4) is 0 Å². The number of nitrogens with one attached hydrogen (secondary N) is 1. The molecule has 1 heteroatoms. The van der Waals surface area contributed by atoms with Gasteiger partial charge in [0.1, 0.15) is 0 Å². The molecule has 1 N–H and O–H groups in total. The van der Waals surface area contributed by atoms with E-state index in [4.69, 9.17) is 0 Å². The molecule has 0 radical (unpaired) electrons. The first-order valence-electron chi connectivity index (χ1n) is 3.66. The Labute approximate surface area is 57.1 Å². The van der Waals surface area contributed by atoms with Gasteiger partial charge in [0.15, 0.2) is 0 Å². The third-order valence-corrected chi connectivity index (χ3v) is 1.98. The van der Waals surface area contributed by atoms with Crippen LogP contribution in [0.5, 0.6) is 0 Å². The summed E-state index contributed by atoms with van der Waals surface area (Å²) in [6.45, 7) is 2.21. The fourth-order valence-electron chi connectivity index (χ4n) is 1.35. The molecule has 1 aliphatic rings. The summed E-state index contributed by atoms with van der Waals surface area (Å²) in [5.74, 6) is 0. The van der Waals surface area contributed by atoms with Gasteiger partial charge in [-0.05, 0) is 33.2 Å². The zero-order chi connectivity index (χ0) is 6.69. The predicted octanol–water partition coefficient (Wildman–Crippen LogP) is 1.70. The van der Waals surface area contributed by atoms with Crippen molar-refractivity contribution in [3.05, 3.63) is 11.6 Å². The molecular weight excluding hydrogens is 110 g/mol. The lowest BCUT2D eigenvalue weighted by Crippen LogP contribution is -2.26. The minimum Gasteiger partial charge on any atom is -0.317 e. The van der Waals surface area contributed by atoms with Crippen LogP contribution in [0.25, 0.3) is 0 Å². The summed E-state index contributed by atoms with van der Waals surface area (Å²) in [4.78, 5) is 0. The Morgan fingerprint density at radius 2 is 2.44 bits per heavy atom. The largest absolute Gasteiger partial charge is 0.317 e. The smallest absolute Gasteiger partial charge is 0.0104 e. The summed E-state index contributed by atoms with van der Waals surface area (Å²) in [5.41, 5.74) is 1.54. The Morgan fingerprint density at radius 3 is 2.89 bits per heavy atom. The van der Waals surface area contributed by atoms with Crippen molar-refractivity contribution in [3.63, 3.8) is 0 Å². The number of rotatable bonds is 1. The molecule has 0 heterocycles. The third-order valence-electron chi connectivity index (χ3n) is 1.98. The quantitative estimate of drug-likeness (QED) is 0.526. The lowest BCUT2D eigenvalue weighted by atomic mass is 9.96. The average Bonchev–Trinajstić information content (AvgIpc) is 1.88. The fourth-order valence-corrected chi connectivity index (χ4v) is 1.35. The highest BCUT2D eigenvalue weighted by atomic mass is 14.9. The van der Waals surface area contributed by atoms with E-state index in [0.29, 0.717) is 0 Å². The van der Waals surface area contributed by atoms with Gasteiger partial charge in [-0.1, -0.05) is 11.6 Å². The number of hydrogen-bond donors (Lipinski definition) is 1. The first kappa shape index (κ1) is 6.81. The topological polar surface area (TPSA) is 12.0 Å². The highest BCUT2D eigenvalue weighted by Crippen LogP contribution is 2.16. The molecule has 9 heavy (non-hydrogen) atoms. The molecule has 0 spiro atoms. The van der Waals surface area contributed by atoms with Crippen molar-refractivity contribution < 1.29 is 0 Å². The van der Waals surface area contributed by atoms with Crippen LogP contribution in [-0.4, -0.2) is 13.1 Å². The minimum atomic E-state index is 0.745. The van der Waals surface area contributed by atoms with Crippen molar-refractivity contribution in [2.75, 3.05) is 7.05 Å². The monoisotopic (exact) mass is 125 g/mol. The molecule has 1 aliphatic carbocycles. The van der Waals surface area contributed by atoms with Gasteiger partial charge < -0.3 is 5.32 Å². The summed E-state index contributed by atoms with van der Waals surface area (Å²) < 4.78 is 0. The number of allylic oxidation sites excluding steroid dienone is 1. The van der Waals surface area contributed by atoms with E-state index in [0.717, 1.165) is 6.04 Å². The van der Waals surface area contributed by atoms with Gasteiger partial charge in [-0.3, -0.25) is 0 Å². The summed E-state index contributed by atoms with van der Waals surface area (Å²) in [6.07, 6.45) is 6.16. The van der Waals surface area contributed by atoms with Crippen LogP contribution in [0.15, 0.2) is 11.6 Å². The van der Waals surface area contributed by atoms with Crippen LogP contribution in [0.4, 0.5) is 0 Å². The van der Waals surface area contributed by atoms with Gasteiger partial charge in [-0.15, -0.1) is 0 Å². The molecule has 0 aromatic rings.